The van der Waals surface area contributed by atoms with Gasteiger partial charge in [0.2, 0.25) is 0 Å². The third-order valence-electron chi connectivity index (χ3n) is 6.58. The van der Waals surface area contributed by atoms with E-state index in [0.29, 0.717) is 23.6 Å². The van der Waals surface area contributed by atoms with E-state index in [4.69, 9.17) is 0 Å². The van der Waals surface area contributed by atoms with Crippen molar-refractivity contribution in [1.82, 2.24) is 5.32 Å². The molecule has 0 unspecified atom stereocenters. The maximum atomic E-state index is 13.6. The van der Waals surface area contributed by atoms with Crippen LogP contribution in [0.4, 0.5) is 5.69 Å². The van der Waals surface area contributed by atoms with Crippen molar-refractivity contribution in [3.05, 3.63) is 130 Å². The van der Waals surface area contributed by atoms with Crippen LogP contribution in [-0.2, 0) is 17.8 Å². The zero-order valence-corrected chi connectivity index (χ0v) is 23.6. The van der Waals surface area contributed by atoms with Crippen LogP contribution in [-0.4, -0.2) is 24.6 Å². The topological polar surface area (TPSA) is 49.4 Å². The van der Waals surface area contributed by atoms with Crippen LogP contribution in [0.15, 0.2) is 112 Å². The number of carbonyl (C=O) groups is 2. The van der Waals surface area contributed by atoms with Gasteiger partial charge in [0.15, 0.2) is 0 Å². The van der Waals surface area contributed by atoms with Gasteiger partial charge in [-0.15, -0.1) is 11.8 Å². The zero-order valence-electron chi connectivity index (χ0n) is 22.0. The lowest BCUT2D eigenvalue weighted by molar-refractivity contribution is -0.114. The number of anilines is 1. The van der Waals surface area contributed by atoms with Crippen molar-refractivity contribution in [2.24, 2.45) is 0 Å². The molecule has 1 aliphatic heterocycles. The van der Waals surface area contributed by atoms with E-state index >= 15 is 0 Å². The standard InChI is InChI=1S/C33H30N2O2S2/c1-23-6-5-7-26(20-23)22-35-29-8-3-4-9-30(29)39-31(33(35)37)21-25-10-14-27(15-11-25)32(36)34-19-18-24-12-16-28(38-2)17-13-24/h3-17,20-21H,18-19,22H2,1-2H3,(H,34,36). The van der Waals surface area contributed by atoms with E-state index in [2.05, 4.69) is 61.0 Å². The highest BCUT2D eigenvalue weighted by Crippen LogP contribution is 2.42. The van der Waals surface area contributed by atoms with Crippen LogP contribution < -0.4 is 10.2 Å². The Morgan fingerprint density at radius 2 is 1.69 bits per heavy atom. The SMILES string of the molecule is CSc1ccc(CCNC(=O)c2ccc(C=C3Sc4ccccc4N(Cc4cccc(C)c4)C3=O)cc2)cc1. The number of para-hydroxylation sites is 1. The Morgan fingerprint density at radius 3 is 2.44 bits per heavy atom. The van der Waals surface area contributed by atoms with Gasteiger partial charge in [-0.1, -0.05) is 78.0 Å². The van der Waals surface area contributed by atoms with Crippen molar-refractivity contribution in [1.29, 1.82) is 0 Å². The summed E-state index contributed by atoms with van der Waals surface area (Å²) in [6, 6.07) is 32.1. The van der Waals surface area contributed by atoms with Crippen LogP contribution >= 0.6 is 23.5 Å². The van der Waals surface area contributed by atoms with Gasteiger partial charge in [0.25, 0.3) is 11.8 Å². The molecule has 2 amide bonds. The summed E-state index contributed by atoms with van der Waals surface area (Å²) in [5.74, 6) is -0.121. The second-order valence-corrected chi connectivity index (χ2v) is 11.4. The molecule has 196 valence electrons. The van der Waals surface area contributed by atoms with Gasteiger partial charge in [0.05, 0.1) is 17.1 Å². The molecule has 1 heterocycles. The second kappa shape index (κ2) is 12.4. The molecule has 0 saturated carbocycles. The molecule has 0 fully saturated rings. The Labute approximate surface area is 238 Å². The Bertz CT molecular complexity index is 1510. The molecule has 0 spiro atoms. The summed E-state index contributed by atoms with van der Waals surface area (Å²) in [7, 11) is 0. The average Bonchev–Trinajstić information content (AvgIpc) is 2.96. The zero-order chi connectivity index (χ0) is 27.2. The van der Waals surface area contributed by atoms with E-state index in [1.807, 2.05) is 65.6 Å². The van der Waals surface area contributed by atoms with E-state index in [0.717, 1.165) is 28.1 Å². The number of hydrogen-bond acceptors (Lipinski definition) is 4. The molecule has 0 atom stereocenters. The molecule has 0 aromatic heterocycles. The number of amides is 2. The van der Waals surface area contributed by atoms with Crippen LogP contribution in [0.5, 0.6) is 0 Å². The summed E-state index contributed by atoms with van der Waals surface area (Å²) in [5.41, 5.74) is 5.87. The fraction of sp³-hybridized carbons (Fsp3) is 0.152. The van der Waals surface area contributed by atoms with Gasteiger partial charge in [-0.05, 0) is 78.8 Å². The van der Waals surface area contributed by atoms with E-state index < -0.39 is 0 Å². The summed E-state index contributed by atoms with van der Waals surface area (Å²) in [5, 5.41) is 3.00. The van der Waals surface area contributed by atoms with Crippen molar-refractivity contribution < 1.29 is 9.59 Å². The molecule has 4 aromatic rings. The first-order valence-corrected chi connectivity index (χ1v) is 14.9. The molecule has 0 bridgehead atoms. The minimum Gasteiger partial charge on any atom is -0.352 e. The maximum Gasteiger partial charge on any atom is 0.265 e. The van der Waals surface area contributed by atoms with Gasteiger partial charge in [0.1, 0.15) is 0 Å². The van der Waals surface area contributed by atoms with E-state index in [1.54, 1.807) is 11.8 Å². The Kier molecular flexibility index (Phi) is 8.54. The van der Waals surface area contributed by atoms with Crippen molar-refractivity contribution in [3.63, 3.8) is 0 Å². The fourth-order valence-corrected chi connectivity index (χ4v) is 5.98. The monoisotopic (exact) mass is 550 g/mol. The maximum absolute atomic E-state index is 13.6. The van der Waals surface area contributed by atoms with E-state index in [1.165, 1.54) is 27.8 Å². The number of carbonyl (C=O) groups excluding carboxylic acids is 2. The Balaban J connectivity index is 1.27. The molecule has 5 rings (SSSR count). The van der Waals surface area contributed by atoms with Crippen LogP contribution in [0.2, 0.25) is 0 Å². The highest BCUT2D eigenvalue weighted by Gasteiger charge is 2.29. The van der Waals surface area contributed by atoms with Crippen LogP contribution in [0, 0.1) is 6.92 Å². The number of rotatable bonds is 8. The van der Waals surface area contributed by atoms with Gasteiger partial charge >= 0.3 is 0 Å². The third kappa shape index (κ3) is 6.64. The van der Waals surface area contributed by atoms with Crippen molar-refractivity contribution in [3.8, 4) is 0 Å². The van der Waals surface area contributed by atoms with Crippen molar-refractivity contribution in [2.75, 3.05) is 17.7 Å². The number of nitrogens with one attached hydrogen (secondary N) is 1. The normalized spacial score (nSPS) is 13.8. The second-order valence-electron chi connectivity index (χ2n) is 9.43. The van der Waals surface area contributed by atoms with Gasteiger partial charge in [0, 0.05) is 21.9 Å². The summed E-state index contributed by atoms with van der Waals surface area (Å²) < 4.78 is 0. The largest absolute Gasteiger partial charge is 0.352 e. The van der Waals surface area contributed by atoms with Crippen LogP contribution in [0.1, 0.15) is 32.6 Å². The highest BCUT2D eigenvalue weighted by molar-refractivity contribution is 8.04. The van der Waals surface area contributed by atoms with Crippen LogP contribution in [0.25, 0.3) is 6.08 Å². The number of benzene rings is 4. The lowest BCUT2D eigenvalue weighted by Gasteiger charge is -2.30. The molecule has 0 radical (unpaired) electrons. The summed E-state index contributed by atoms with van der Waals surface area (Å²) in [4.78, 5) is 31.1. The lowest BCUT2D eigenvalue weighted by Crippen LogP contribution is -2.33. The van der Waals surface area contributed by atoms with Crippen molar-refractivity contribution >= 4 is 47.1 Å². The number of aryl methyl sites for hydroxylation is 1. The molecule has 4 nitrogen and oxygen atoms in total. The Morgan fingerprint density at radius 1 is 0.923 bits per heavy atom. The molecule has 0 saturated heterocycles. The molecule has 39 heavy (non-hydrogen) atoms. The summed E-state index contributed by atoms with van der Waals surface area (Å²) >= 11 is 3.21. The van der Waals surface area contributed by atoms with E-state index in [9.17, 15) is 9.59 Å². The molecule has 1 aliphatic rings. The molecule has 0 aliphatic carbocycles. The fourth-order valence-electron chi connectivity index (χ4n) is 4.51. The average molecular weight is 551 g/mol. The molecular formula is C33H30N2O2S2. The first-order valence-electron chi connectivity index (χ1n) is 12.9. The number of fused-ring (bicyclic) bond motifs is 1. The van der Waals surface area contributed by atoms with Crippen molar-refractivity contribution in [2.45, 2.75) is 29.7 Å². The molecule has 1 N–H and O–H groups in total. The van der Waals surface area contributed by atoms with Gasteiger partial charge in [-0.2, -0.15) is 0 Å². The number of hydrogen-bond donors (Lipinski definition) is 1. The van der Waals surface area contributed by atoms with Gasteiger partial charge < -0.3 is 10.2 Å². The number of nitrogens with zero attached hydrogens (tertiary/aromatic N) is 1. The third-order valence-corrected chi connectivity index (χ3v) is 8.41. The molecule has 4 aromatic carbocycles. The highest BCUT2D eigenvalue weighted by atomic mass is 32.2. The predicted octanol–water partition coefficient (Wildman–Crippen LogP) is 7.37. The van der Waals surface area contributed by atoms with Gasteiger partial charge in [-0.3, -0.25) is 9.59 Å². The summed E-state index contributed by atoms with van der Waals surface area (Å²) in [6.07, 6.45) is 4.75. The minimum absolute atomic E-state index is 0.0208. The predicted molar refractivity (Wildman–Crippen MR) is 163 cm³/mol. The number of thioether (sulfide) groups is 2. The molecular weight excluding hydrogens is 521 g/mol. The van der Waals surface area contributed by atoms with E-state index in [-0.39, 0.29) is 11.8 Å². The summed E-state index contributed by atoms with van der Waals surface area (Å²) in [6.45, 7) is 3.14. The first-order chi connectivity index (χ1) is 19.0. The quantitative estimate of drug-likeness (QED) is 0.184. The van der Waals surface area contributed by atoms with Crippen LogP contribution in [0.3, 0.4) is 0 Å². The minimum atomic E-state index is -0.101. The Hall–Kier alpha value is -3.74. The van der Waals surface area contributed by atoms with Gasteiger partial charge in [-0.25, -0.2) is 0 Å². The first kappa shape index (κ1) is 26.9. The molecule has 6 heteroatoms. The smallest absolute Gasteiger partial charge is 0.265 e. The lowest BCUT2D eigenvalue weighted by atomic mass is 10.1.